The summed E-state index contributed by atoms with van der Waals surface area (Å²) in [4.78, 5) is 10.8. The van der Waals surface area contributed by atoms with Crippen molar-refractivity contribution in [2.24, 2.45) is 0 Å². The largest absolute Gasteiger partial charge is 0.480 e. The lowest BCUT2D eigenvalue weighted by Gasteiger charge is -2.20. The number of nitrogens with one attached hydrogen (secondary N) is 1. The minimum atomic E-state index is -0.814. The van der Waals surface area contributed by atoms with Crippen LogP contribution in [-0.4, -0.2) is 17.1 Å². The van der Waals surface area contributed by atoms with Crippen LogP contribution in [0.4, 0.5) is 0 Å². The summed E-state index contributed by atoms with van der Waals surface area (Å²) in [5.74, 6) is -0.814. The molecule has 2 N–H and O–H groups in total. The Kier molecular flexibility index (Phi) is 4.50. The van der Waals surface area contributed by atoms with Crippen LogP contribution in [0.1, 0.15) is 37.4 Å². The lowest BCUT2D eigenvalue weighted by molar-refractivity contribution is -0.139. The molecule has 0 spiro atoms. The Bertz CT molecular complexity index is 345. The molecule has 88 valence electrons. The summed E-state index contributed by atoms with van der Waals surface area (Å²) in [7, 11) is 0. The van der Waals surface area contributed by atoms with Crippen LogP contribution in [0.2, 0.25) is 0 Å². The van der Waals surface area contributed by atoms with Crippen molar-refractivity contribution in [3.63, 3.8) is 0 Å². The van der Waals surface area contributed by atoms with Crippen molar-refractivity contribution in [3.8, 4) is 0 Å². The molecule has 16 heavy (non-hydrogen) atoms. The van der Waals surface area contributed by atoms with E-state index in [0.29, 0.717) is 0 Å². The molecule has 0 fully saturated rings. The van der Waals surface area contributed by atoms with Gasteiger partial charge < -0.3 is 5.11 Å². The van der Waals surface area contributed by atoms with E-state index in [1.54, 1.807) is 6.92 Å². The van der Waals surface area contributed by atoms with Crippen LogP contribution in [0.3, 0.4) is 0 Å². The maximum atomic E-state index is 10.8. The quantitative estimate of drug-likeness (QED) is 0.803. The molecule has 0 aliphatic carbocycles. The minimum absolute atomic E-state index is 0.103. The maximum Gasteiger partial charge on any atom is 0.320 e. The normalized spacial score (nSPS) is 14.4. The maximum absolute atomic E-state index is 10.8. The van der Waals surface area contributed by atoms with Crippen LogP contribution in [0.5, 0.6) is 0 Å². The fraction of sp³-hybridized carbons (Fsp3) is 0.462. The van der Waals surface area contributed by atoms with E-state index in [9.17, 15) is 4.79 Å². The van der Waals surface area contributed by atoms with E-state index in [2.05, 4.69) is 5.32 Å². The molecular formula is C13H19NO2. The van der Waals surface area contributed by atoms with Gasteiger partial charge in [-0.15, -0.1) is 0 Å². The third kappa shape index (κ3) is 3.35. The molecule has 3 nitrogen and oxygen atoms in total. The molecule has 1 rings (SSSR count). The summed E-state index contributed by atoms with van der Waals surface area (Å²) in [6.07, 6.45) is 0.876. The van der Waals surface area contributed by atoms with Gasteiger partial charge in [-0.2, -0.15) is 0 Å². The van der Waals surface area contributed by atoms with E-state index in [-0.39, 0.29) is 6.04 Å². The molecule has 0 aliphatic heterocycles. The fourth-order valence-corrected chi connectivity index (χ4v) is 1.62. The van der Waals surface area contributed by atoms with Gasteiger partial charge in [-0.05, 0) is 25.8 Å². The number of aliphatic carboxylic acids is 1. The number of carboxylic acid groups (broad SMARTS) is 1. The molecule has 1 aromatic rings. The highest BCUT2D eigenvalue weighted by Crippen LogP contribution is 2.17. The number of carboxylic acids is 1. The number of rotatable bonds is 5. The van der Waals surface area contributed by atoms with E-state index in [4.69, 9.17) is 5.11 Å². The molecular weight excluding hydrogens is 202 g/mol. The zero-order valence-electron chi connectivity index (χ0n) is 10.0. The van der Waals surface area contributed by atoms with Crippen LogP contribution >= 0.6 is 0 Å². The standard InChI is InChI=1S/C13H19NO2/c1-4-12(14-10(3)13(15)16)11-7-5-9(2)6-8-11/h5-8,10,12,14H,4H2,1-3H3,(H,15,16). The Labute approximate surface area is 96.5 Å². The van der Waals surface area contributed by atoms with Gasteiger partial charge in [0.25, 0.3) is 0 Å². The van der Waals surface area contributed by atoms with Crippen molar-refractivity contribution in [2.75, 3.05) is 0 Å². The molecule has 0 saturated heterocycles. The fourth-order valence-electron chi connectivity index (χ4n) is 1.62. The van der Waals surface area contributed by atoms with E-state index in [0.717, 1.165) is 12.0 Å². The van der Waals surface area contributed by atoms with E-state index in [1.807, 2.05) is 38.1 Å². The average Bonchev–Trinajstić information content (AvgIpc) is 2.26. The topological polar surface area (TPSA) is 49.3 Å². The Morgan fingerprint density at radius 1 is 1.38 bits per heavy atom. The molecule has 0 aliphatic rings. The number of hydrogen-bond donors (Lipinski definition) is 2. The molecule has 0 radical (unpaired) electrons. The lowest BCUT2D eigenvalue weighted by Crippen LogP contribution is -2.36. The van der Waals surface area contributed by atoms with Crippen LogP contribution in [0.15, 0.2) is 24.3 Å². The van der Waals surface area contributed by atoms with Gasteiger partial charge in [0.05, 0.1) is 0 Å². The zero-order valence-corrected chi connectivity index (χ0v) is 10.0. The summed E-state index contributed by atoms with van der Waals surface area (Å²) >= 11 is 0. The van der Waals surface area contributed by atoms with Crippen molar-refractivity contribution in [3.05, 3.63) is 35.4 Å². The van der Waals surface area contributed by atoms with Crippen LogP contribution in [0, 0.1) is 6.92 Å². The SMILES string of the molecule is CCC(NC(C)C(=O)O)c1ccc(C)cc1. The van der Waals surface area contributed by atoms with Crippen LogP contribution in [-0.2, 0) is 4.79 Å². The predicted molar refractivity (Wildman–Crippen MR) is 64.4 cm³/mol. The van der Waals surface area contributed by atoms with Gasteiger partial charge in [0.2, 0.25) is 0 Å². The third-order valence-corrected chi connectivity index (χ3v) is 2.71. The van der Waals surface area contributed by atoms with Crippen LogP contribution in [0.25, 0.3) is 0 Å². The molecule has 0 heterocycles. The molecule has 2 unspecified atom stereocenters. The van der Waals surface area contributed by atoms with Crippen molar-refractivity contribution < 1.29 is 9.90 Å². The Hall–Kier alpha value is -1.35. The van der Waals surface area contributed by atoms with Crippen molar-refractivity contribution in [1.29, 1.82) is 0 Å². The number of benzene rings is 1. The molecule has 0 amide bonds. The third-order valence-electron chi connectivity index (χ3n) is 2.71. The second-order valence-corrected chi connectivity index (χ2v) is 4.10. The second kappa shape index (κ2) is 5.66. The van der Waals surface area contributed by atoms with Gasteiger partial charge >= 0.3 is 5.97 Å². The summed E-state index contributed by atoms with van der Waals surface area (Å²) in [5, 5.41) is 12.0. The molecule has 1 aromatic carbocycles. The number of hydrogen-bond acceptors (Lipinski definition) is 2. The predicted octanol–water partition coefficient (Wildman–Crippen LogP) is 2.51. The highest BCUT2D eigenvalue weighted by atomic mass is 16.4. The van der Waals surface area contributed by atoms with Crippen molar-refractivity contribution in [2.45, 2.75) is 39.3 Å². The molecule has 2 atom stereocenters. The first-order valence-corrected chi connectivity index (χ1v) is 5.60. The van der Waals surface area contributed by atoms with Gasteiger partial charge in [0.15, 0.2) is 0 Å². The number of carbonyl (C=O) groups is 1. The van der Waals surface area contributed by atoms with E-state index >= 15 is 0 Å². The smallest absolute Gasteiger partial charge is 0.320 e. The van der Waals surface area contributed by atoms with E-state index < -0.39 is 12.0 Å². The summed E-state index contributed by atoms with van der Waals surface area (Å²) in [6, 6.07) is 7.77. The first kappa shape index (κ1) is 12.7. The molecule has 0 aromatic heterocycles. The summed E-state index contributed by atoms with van der Waals surface area (Å²) in [5.41, 5.74) is 2.35. The molecule has 0 bridgehead atoms. The van der Waals surface area contributed by atoms with E-state index in [1.165, 1.54) is 5.56 Å². The lowest BCUT2D eigenvalue weighted by atomic mass is 10.0. The zero-order chi connectivity index (χ0) is 12.1. The second-order valence-electron chi connectivity index (χ2n) is 4.10. The molecule has 0 saturated carbocycles. The Balaban J connectivity index is 2.74. The minimum Gasteiger partial charge on any atom is -0.480 e. The van der Waals surface area contributed by atoms with Gasteiger partial charge in [0.1, 0.15) is 6.04 Å². The molecule has 3 heteroatoms. The number of aryl methyl sites for hydroxylation is 1. The van der Waals surface area contributed by atoms with Gasteiger partial charge in [0, 0.05) is 6.04 Å². The summed E-state index contributed by atoms with van der Waals surface area (Å²) in [6.45, 7) is 5.75. The monoisotopic (exact) mass is 221 g/mol. The van der Waals surface area contributed by atoms with Crippen LogP contribution < -0.4 is 5.32 Å². The summed E-state index contributed by atoms with van der Waals surface area (Å²) < 4.78 is 0. The highest BCUT2D eigenvalue weighted by molar-refractivity contribution is 5.72. The van der Waals surface area contributed by atoms with Crippen molar-refractivity contribution >= 4 is 5.97 Å². The van der Waals surface area contributed by atoms with Gasteiger partial charge in [-0.1, -0.05) is 36.8 Å². The highest BCUT2D eigenvalue weighted by Gasteiger charge is 2.16. The van der Waals surface area contributed by atoms with Crippen molar-refractivity contribution in [1.82, 2.24) is 5.32 Å². The Morgan fingerprint density at radius 3 is 2.38 bits per heavy atom. The average molecular weight is 221 g/mol. The first-order chi connectivity index (χ1) is 7.54. The Morgan fingerprint density at radius 2 is 1.94 bits per heavy atom. The van der Waals surface area contributed by atoms with Gasteiger partial charge in [-0.3, -0.25) is 10.1 Å². The first-order valence-electron chi connectivity index (χ1n) is 5.60. The van der Waals surface area contributed by atoms with Gasteiger partial charge in [-0.25, -0.2) is 0 Å².